The molecule has 0 radical (unpaired) electrons. The second kappa shape index (κ2) is 18.7. The van der Waals surface area contributed by atoms with Crippen LogP contribution in [0.1, 0.15) is 55.6 Å². The van der Waals surface area contributed by atoms with Gasteiger partial charge in [-0.05, 0) is 99.4 Å². The van der Waals surface area contributed by atoms with Crippen LogP contribution in [-0.2, 0) is 16.6 Å². The lowest BCUT2D eigenvalue weighted by atomic mass is 9.82. The average Bonchev–Trinajstić information content (AvgIpc) is 3.22. The molecule has 12 nitrogen and oxygen atoms in total. The molecule has 5 aromatic rings. The highest BCUT2D eigenvalue weighted by Gasteiger charge is 2.26. The van der Waals surface area contributed by atoms with Gasteiger partial charge in [0.2, 0.25) is 0 Å². The Morgan fingerprint density at radius 3 is 2.42 bits per heavy atom. The Morgan fingerprint density at radius 1 is 0.912 bits per heavy atom. The summed E-state index contributed by atoms with van der Waals surface area (Å²) in [5.74, 6) is 1.46. The van der Waals surface area contributed by atoms with Crippen LogP contribution in [0.5, 0.6) is 0 Å². The van der Waals surface area contributed by atoms with E-state index >= 15 is 0 Å². The molecule has 1 saturated carbocycles. The molecule has 1 aliphatic carbocycles. The molecule has 2 fully saturated rings. The summed E-state index contributed by atoms with van der Waals surface area (Å²) in [6, 6.07) is 28.6. The van der Waals surface area contributed by atoms with Gasteiger partial charge in [-0.15, -0.1) is 11.8 Å². The third-order valence-corrected chi connectivity index (χ3v) is 13.5. The Kier molecular flexibility index (Phi) is 13.2. The van der Waals surface area contributed by atoms with Gasteiger partial charge >= 0.3 is 0 Å². The molecule has 7 rings (SSSR count). The fraction of sp³-hybridized carbons (Fsp3) is 0.395. The molecule has 2 heterocycles. The Bertz CT molecular complexity index is 2250. The normalized spacial score (nSPS) is 16.2. The van der Waals surface area contributed by atoms with Gasteiger partial charge in [-0.3, -0.25) is 19.7 Å². The highest BCUT2D eigenvalue weighted by molar-refractivity contribution is 7.99. The quantitative estimate of drug-likeness (QED) is 0.0567. The molecule has 0 unspecified atom stereocenters. The van der Waals surface area contributed by atoms with Crippen molar-refractivity contribution in [3.63, 3.8) is 0 Å². The van der Waals surface area contributed by atoms with Crippen LogP contribution in [0.2, 0.25) is 0 Å². The summed E-state index contributed by atoms with van der Waals surface area (Å²) < 4.78 is 30.1. The SMILES string of the molecule is CN(C)CC[C@H](CSc1ccccc1)Nc1ccc(S(=O)(=O)Nc2ncnc3cc(N4CCN(Cc5ccccc5C5CCCCC5)CC4)ccc23)cc1[N+](=O)[O-]. The van der Waals surface area contributed by atoms with Gasteiger partial charge in [-0.1, -0.05) is 61.7 Å². The molecular weight excluding hydrogens is 757 g/mol. The summed E-state index contributed by atoms with van der Waals surface area (Å²) in [6.45, 7) is 5.35. The number of piperazine rings is 1. The molecule has 0 bridgehead atoms. The predicted octanol–water partition coefficient (Wildman–Crippen LogP) is 8.23. The third kappa shape index (κ3) is 10.4. The van der Waals surface area contributed by atoms with Crippen molar-refractivity contribution in [3.8, 4) is 0 Å². The molecule has 1 atom stereocenters. The van der Waals surface area contributed by atoms with E-state index in [-0.39, 0.29) is 28.1 Å². The number of rotatable bonds is 16. The number of anilines is 3. The number of nitro benzene ring substituents is 1. The maximum atomic E-state index is 13.7. The minimum Gasteiger partial charge on any atom is -0.376 e. The van der Waals surface area contributed by atoms with Crippen LogP contribution in [0.25, 0.3) is 10.9 Å². The zero-order chi connectivity index (χ0) is 39.8. The van der Waals surface area contributed by atoms with Crippen LogP contribution in [0.15, 0.2) is 107 Å². The van der Waals surface area contributed by atoms with Gasteiger partial charge < -0.3 is 15.1 Å². The lowest BCUT2D eigenvalue weighted by Gasteiger charge is -2.37. The lowest BCUT2D eigenvalue weighted by molar-refractivity contribution is -0.384. The predicted molar refractivity (Wildman–Crippen MR) is 231 cm³/mol. The molecule has 300 valence electrons. The van der Waals surface area contributed by atoms with Crippen molar-refractivity contribution >= 4 is 55.6 Å². The Balaban J connectivity index is 1.02. The number of hydrogen-bond acceptors (Lipinski definition) is 11. The monoisotopic (exact) mass is 808 g/mol. The van der Waals surface area contributed by atoms with Crippen molar-refractivity contribution in [1.29, 1.82) is 0 Å². The van der Waals surface area contributed by atoms with Crippen molar-refractivity contribution in [2.24, 2.45) is 0 Å². The third-order valence-electron chi connectivity index (χ3n) is 11.0. The van der Waals surface area contributed by atoms with Crippen molar-refractivity contribution in [1.82, 2.24) is 19.8 Å². The zero-order valence-corrected chi connectivity index (χ0v) is 34.4. The first kappa shape index (κ1) is 40.4. The topological polar surface area (TPSA) is 137 Å². The van der Waals surface area contributed by atoms with Gasteiger partial charge in [-0.25, -0.2) is 18.4 Å². The summed E-state index contributed by atoms with van der Waals surface area (Å²) in [5.41, 5.74) is 4.55. The van der Waals surface area contributed by atoms with E-state index in [1.807, 2.05) is 62.6 Å². The standard InChI is InChI=1S/C43H52N8O4S2/c1-48(2)22-21-34(30-56-36-14-7-4-8-15-36)46-40-20-18-37(28-42(40)51(52)53)57(54,55)47-43-39-19-17-35(27-41(39)44-31-45-43)50-25-23-49(24-26-50)29-33-13-9-10-16-38(33)32-11-5-3-6-12-32/h4,7-10,13-20,27-28,31-32,34,46H,3,5-6,11-12,21-26,29-30H2,1-2H3,(H,44,45,47)/t34-/m1/s1. The summed E-state index contributed by atoms with van der Waals surface area (Å²) in [6.07, 6.45) is 8.66. The molecule has 0 amide bonds. The first-order chi connectivity index (χ1) is 27.6. The smallest absolute Gasteiger partial charge is 0.293 e. The van der Waals surface area contributed by atoms with Crippen LogP contribution in [0.3, 0.4) is 0 Å². The van der Waals surface area contributed by atoms with Gasteiger partial charge in [0.25, 0.3) is 15.7 Å². The number of thioether (sulfide) groups is 1. The van der Waals surface area contributed by atoms with Gasteiger partial charge in [0, 0.05) is 66.6 Å². The maximum absolute atomic E-state index is 13.7. The second-order valence-corrected chi connectivity index (χ2v) is 18.1. The molecule has 1 aliphatic heterocycles. The van der Waals surface area contributed by atoms with E-state index in [0.29, 0.717) is 22.6 Å². The van der Waals surface area contributed by atoms with E-state index in [4.69, 9.17) is 0 Å². The number of nitrogens with one attached hydrogen (secondary N) is 2. The van der Waals surface area contributed by atoms with E-state index in [9.17, 15) is 18.5 Å². The number of fused-ring (bicyclic) bond motifs is 1. The fourth-order valence-corrected chi connectivity index (χ4v) is 9.94. The number of aromatic nitrogens is 2. The van der Waals surface area contributed by atoms with Crippen LogP contribution in [0, 0.1) is 10.1 Å². The number of benzene rings is 4. The van der Waals surface area contributed by atoms with Crippen LogP contribution < -0.4 is 14.9 Å². The molecule has 4 aromatic carbocycles. The second-order valence-electron chi connectivity index (χ2n) is 15.3. The van der Waals surface area contributed by atoms with E-state index in [1.54, 1.807) is 11.8 Å². The Hall–Kier alpha value is -4.76. The van der Waals surface area contributed by atoms with Crippen molar-refractivity contribution in [2.45, 2.75) is 66.8 Å². The van der Waals surface area contributed by atoms with Crippen LogP contribution in [0.4, 0.5) is 22.9 Å². The van der Waals surface area contributed by atoms with Gasteiger partial charge in [0.05, 0.1) is 15.3 Å². The highest BCUT2D eigenvalue weighted by atomic mass is 32.2. The van der Waals surface area contributed by atoms with Gasteiger partial charge in [-0.2, -0.15) is 0 Å². The van der Waals surface area contributed by atoms with Gasteiger partial charge in [0.1, 0.15) is 12.0 Å². The van der Waals surface area contributed by atoms with Crippen LogP contribution >= 0.6 is 11.8 Å². The molecule has 57 heavy (non-hydrogen) atoms. The van der Waals surface area contributed by atoms with Crippen molar-refractivity contribution < 1.29 is 13.3 Å². The molecule has 2 aliphatic rings. The van der Waals surface area contributed by atoms with E-state index < -0.39 is 14.9 Å². The molecule has 1 aromatic heterocycles. The summed E-state index contributed by atoms with van der Waals surface area (Å²) in [5, 5.41) is 16.2. The van der Waals surface area contributed by atoms with Gasteiger partial charge in [0.15, 0.2) is 5.82 Å². The first-order valence-electron chi connectivity index (χ1n) is 19.8. The van der Waals surface area contributed by atoms with E-state index in [2.05, 4.69) is 59.0 Å². The van der Waals surface area contributed by atoms with Crippen LogP contribution in [-0.4, -0.2) is 91.7 Å². The summed E-state index contributed by atoms with van der Waals surface area (Å²) >= 11 is 1.66. The highest BCUT2D eigenvalue weighted by Crippen LogP contribution is 2.36. The Labute approximate surface area is 340 Å². The molecule has 2 N–H and O–H groups in total. The minimum atomic E-state index is -4.25. The molecule has 0 spiro atoms. The molecule has 1 saturated heterocycles. The number of nitro groups is 1. The first-order valence-corrected chi connectivity index (χ1v) is 22.3. The lowest BCUT2D eigenvalue weighted by Crippen LogP contribution is -2.46. The van der Waals surface area contributed by atoms with Crippen molar-refractivity contribution in [2.75, 3.05) is 67.5 Å². The molecule has 14 heteroatoms. The number of hydrogen-bond donors (Lipinski definition) is 2. The minimum absolute atomic E-state index is 0.105. The average molecular weight is 809 g/mol. The van der Waals surface area contributed by atoms with E-state index in [0.717, 1.165) is 62.3 Å². The maximum Gasteiger partial charge on any atom is 0.293 e. The Morgan fingerprint density at radius 2 is 1.67 bits per heavy atom. The summed E-state index contributed by atoms with van der Waals surface area (Å²) in [7, 11) is -0.280. The van der Waals surface area contributed by atoms with Crippen molar-refractivity contribution in [3.05, 3.63) is 119 Å². The zero-order valence-electron chi connectivity index (χ0n) is 32.7. The van der Waals surface area contributed by atoms with E-state index in [1.165, 1.54) is 61.7 Å². The number of nitrogens with zero attached hydrogens (tertiary/aromatic N) is 6. The number of sulfonamides is 1. The summed E-state index contributed by atoms with van der Waals surface area (Å²) in [4.78, 5) is 28.3. The largest absolute Gasteiger partial charge is 0.376 e. The fourth-order valence-electron chi connectivity index (χ4n) is 7.90. The molecular formula is C43H52N8O4S2.